The molecule has 1 saturated carbocycles. The van der Waals surface area contributed by atoms with Crippen molar-refractivity contribution in [1.29, 1.82) is 0 Å². The lowest BCUT2D eigenvalue weighted by Crippen LogP contribution is -2.46. The minimum absolute atomic E-state index is 0.0267. The van der Waals surface area contributed by atoms with Gasteiger partial charge < -0.3 is 14.3 Å². The first kappa shape index (κ1) is 32.7. The number of halogens is 2. The lowest BCUT2D eigenvalue weighted by Gasteiger charge is -2.44. The highest BCUT2D eigenvalue weighted by Gasteiger charge is 2.44. The fourth-order valence-corrected chi connectivity index (χ4v) is 8.62. The number of anilines is 1. The molecule has 1 N–H and O–H groups in total. The van der Waals surface area contributed by atoms with Crippen LogP contribution in [-0.2, 0) is 11.2 Å². The summed E-state index contributed by atoms with van der Waals surface area (Å²) in [6.07, 6.45) is 8.63. The molecular formula is C37H39BBrClN2O4S. The number of hydrogen-bond acceptors (Lipinski definition) is 6. The van der Waals surface area contributed by atoms with Crippen molar-refractivity contribution < 1.29 is 19.0 Å². The van der Waals surface area contributed by atoms with E-state index in [0.717, 1.165) is 66.0 Å². The average Bonchev–Trinajstić information content (AvgIpc) is 3.21. The van der Waals surface area contributed by atoms with E-state index >= 15 is 0 Å². The zero-order valence-electron chi connectivity index (χ0n) is 26.7. The number of nitrogens with zero attached hydrogens (tertiary/aromatic N) is 1. The summed E-state index contributed by atoms with van der Waals surface area (Å²) in [5, 5.41) is 0.949. The number of aryl methyl sites for hydroxylation is 1. The third kappa shape index (κ3) is 6.99. The summed E-state index contributed by atoms with van der Waals surface area (Å²) in [6, 6.07) is 19.4. The summed E-state index contributed by atoms with van der Waals surface area (Å²) in [4.78, 5) is 29.2. The Morgan fingerprint density at radius 3 is 2.70 bits per heavy atom. The summed E-state index contributed by atoms with van der Waals surface area (Å²) in [6.45, 7) is 5.90. The van der Waals surface area contributed by atoms with Gasteiger partial charge in [0.25, 0.3) is 5.91 Å². The summed E-state index contributed by atoms with van der Waals surface area (Å²) in [5.41, 5.74) is 4.70. The second-order valence-corrected chi connectivity index (χ2v) is 16.0. The number of rotatable bonds is 2. The van der Waals surface area contributed by atoms with Crippen molar-refractivity contribution in [3.8, 4) is 5.75 Å². The fourth-order valence-electron chi connectivity index (χ4n) is 7.41. The number of fused-ring (bicyclic) bond motifs is 5. The Bertz CT molecular complexity index is 1690. The van der Waals surface area contributed by atoms with E-state index in [2.05, 4.69) is 63.7 Å². The maximum Gasteiger partial charge on any atom is 0.367 e. The van der Waals surface area contributed by atoms with E-state index in [1.165, 1.54) is 23.1 Å². The molecule has 0 spiro atoms. The van der Waals surface area contributed by atoms with Gasteiger partial charge in [-0.1, -0.05) is 53.5 Å². The van der Waals surface area contributed by atoms with Gasteiger partial charge in [-0.25, -0.2) is 4.79 Å². The molecule has 1 fully saturated rings. The van der Waals surface area contributed by atoms with Gasteiger partial charge in [-0.2, -0.15) is 0 Å². The van der Waals surface area contributed by atoms with Crippen molar-refractivity contribution in [3.05, 3.63) is 105 Å². The number of carbonyl (C=O) groups excluding carboxylic acids is 2. The molecular weight excluding hydrogens is 695 g/mol. The minimum Gasteiger partial charge on any atom is -0.559 e. The van der Waals surface area contributed by atoms with Gasteiger partial charge in [0.1, 0.15) is 11.9 Å². The normalized spacial score (nSPS) is 27.9. The topological polar surface area (TPSA) is 67.9 Å². The number of allylic oxidation sites excluding steroid dienone is 1. The van der Waals surface area contributed by atoms with E-state index in [9.17, 15) is 9.59 Å². The Labute approximate surface area is 295 Å². The van der Waals surface area contributed by atoms with Gasteiger partial charge >= 0.3 is 12.9 Å². The third-order valence-electron chi connectivity index (χ3n) is 10.6. The maximum atomic E-state index is 13.4. The monoisotopic (exact) mass is 732 g/mol. The van der Waals surface area contributed by atoms with Crippen LogP contribution in [0, 0.1) is 17.8 Å². The van der Waals surface area contributed by atoms with E-state index < -0.39 is 0 Å². The highest BCUT2D eigenvalue weighted by atomic mass is 79.9. The Morgan fingerprint density at radius 2 is 1.91 bits per heavy atom. The molecule has 1 aliphatic carbocycles. The van der Waals surface area contributed by atoms with Crippen LogP contribution in [0.25, 0.3) is 0 Å². The van der Waals surface area contributed by atoms with E-state index in [-0.39, 0.29) is 41.9 Å². The lowest BCUT2D eigenvalue weighted by atomic mass is 9.47. The number of hydrogen-bond donors (Lipinski definition) is 1. The second kappa shape index (κ2) is 13.9. The van der Waals surface area contributed by atoms with Gasteiger partial charge in [0.2, 0.25) is 0 Å². The van der Waals surface area contributed by atoms with Crippen LogP contribution in [-0.4, -0.2) is 43.2 Å². The van der Waals surface area contributed by atoms with E-state index in [0.29, 0.717) is 23.0 Å². The minimum atomic E-state index is -0.327. The Kier molecular flexibility index (Phi) is 9.68. The maximum absolute atomic E-state index is 13.4. The smallest absolute Gasteiger partial charge is 0.367 e. The molecule has 7 rings (SSSR count). The number of nitrogens with one attached hydrogen (secondary N) is 1. The van der Waals surface area contributed by atoms with E-state index in [4.69, 9.17) is 21.0 Å². The molecule has 6 atom stereocenters. The number of carbonyl (C=O) groups is 2. The third-order valence-corrected chi connectivity index (χ3v) is 12.5. The zero-order valence-corrected chi connectivity index (χ0v) is 29.8. The highest BCUT2D eigenvalue weighted by molar-refractivity contribution is 9.10. The molecule has 6 nitrogen and oxygen atoms in total. The van der Waals surface area contributed by atoms with Gasteiger partial charge in [-0.05, 0) is 128 Å². The molecule has 0 radical (unpaired) electrons. The van der Waals surface area contributed by atoms with Crippen molar-refractivity contribution in [3.63, 3.8) is 0 Å². The van der Waals surface area contributed by atoms with Crippen molar-refractivity contribution in [2.24, 2.45) is 17.8 Å². The molecule has 0 aromatic heterocycles. The number of benzene rings is 3. The van der Waals surface area contributed by atoms with Gasteiger partial charge in [0.05, 0.1) is 11.3 Å². The standard InChI is InChI=1S/C37H39BBrClN2O4S/c1-22-4-3-5-34(45-37(44)24-6-10-28(39)11-7-24)31-13-8-27(31)20-42-21-32-30-14-12-29(40)18-25(30)16-17-38(32)46-35-15-9-26(19-33(35)42)36(43)41-47-23(22)2/h3,5-7,9-12,14-15,18-19,22-23,27,31-32,34H,4,8,13,16-17,20-21H2,1-2H3,(H,41,43)/b5-3+. The second-order valence-electron chi connectivity index (χ2n) is 13.5. The van der Waals surface area contributed by atoms with E-state index in [1.54, 1.807) is 12.1 Å². The molecule has 6 unspecified atom stereocenters. The summed E-state index contributed by atoms with van der Waals surface area (Å²) in [7, 11) is 0. The molecule has 3 heterocycles. The predicted molar refractivity (Wildman–Crippen MR) is 195 cm³/mol. The van der Waals surface area contributed by atoms with Gasteiger partial charge in [-0.15, -0.1) is 0 Å². The largest absolute Gasteiger partial charge is 0.559 e. The number of esters is 1. The van der Waals surface area contributed by atoms with Crippen molar-refractivity contribution in [2.75, 3.05) is 18.0 Å². The van der Waals surface area contributed by atoms with Crippen molar-refractivity contribution in [2.45, 2.75) is 63.0 Å². The van der Waals surface area contributed by atoms with Gasteiger partial charge in [-0.3, -0.25) is 9.52 Å². The molecule has 3 aliphatic heterocycles. The first-order valence-electron chi connectivity index (χ1n) is 16.7. The molecule has 3 aromatic carbocycles. The Balaban J connectivity index is 1.24. The molecule has 4 aliphatic rings. The van der Waals surface area contributed by atoms with Crippen molar-refractivity contribution >= 4 is 64.0 Å². The lowest BCUT2D eigenvalue weighted by molar-refractivity contribution is -0.00190. The van der Waals surface area contributed by atoms with Crippen LogP contribution in [0.5, 0.6) is 5.75 Å². The molecule has 47 heavy (non-hydrogen) atoms. The van der Waals surface area contributed by atoms with Crippen LogP contribution < -0.4 is 14.3 Å². The molecule has 1 amide bonds. The molecule has 3 aromatic rings. The van der Waals surface area contributed by atoms with Crippen molar-refractivity contribution in [1.82, 2.24) is 4.72 Å². The zero-order chi connectivity index (χ0) is 32.7. The van der Waals surface area contributed by atoms with Crippen LogP contribution >= 0.6 is 39.5 Å². The fraction of sp³-hybridized carbons (Fsp3) is 0.405. The highest BCUT2D eigenvalue weighted by Crippen LogP contribution is 2.45. The molecule has 0 saturated heterocycles. The van der Waals surface area contributed by atoms with E-state index in [1.807, 2.05) is 36.4 Å². The SMILES string of the molecule is CC1C/C=C/C(OC(=O)c2ccc(Br)cc2)C2CCC2CN2CC3B(CCc4cc(Cl)ccc43)Oc3ccc(cc32)C(=O)NSC1C. The number of amides is 1. The summed E-state index contributed by atoms with van der Waals surface area (Å²) >= 11 is 11.3. The van der Waals surface area contributed by atoms with Crippen LogP contribution in [0.1, 0.15) is 70.8 Å². The predicted octanol–water partition coefficient (Wildman–Crippen LogP) is 8.79. The summed E-state index contributed by atoms with van der Waals surface area (Å²) < 4.78 is 17.1. The number of ether oxygens (including phenoxy) is 1. The summed E-state index contributed by atoms with van der Waals surface area (Å²) in [5.74, 6) is 1.38. The Morgan fingerprint density at radius 1 is 1.09 bits per heavy atom. The van der Waals surface area contributed by atoms with Crippen LogP contribution in [0.3, 0.4) is 0 Å². The molecule has 2 bridgehead atoms. The van der Waals surface area contributed by atoms with Gasteiger partial charge in [0.15, 0.2) is 0 Å². The average molecular weight is 734 g/mol. The Hall–Kier alpha value is -2.88. The van der Waals surface area contributed by atoms with Gasteiger partial charge in [0, 0.05) is 45.1 Å². The van der Waals surface area contributed by atoms with Crippen LogP contribution in [0.2, 0.25) is 11.3 Å². The van der Waals surface area contributed by atoms with Crippen LogP contribution in [0.15, 0.2) is 77.3 Å². The molecule has 244 valence electrons. The first-order chi connectivity index (χ1) is 22.7. The quantitative estimate of drug-likeness (QED) is 0.123. The van der Waals surface area contributed by atoms with Crippen LogP contribution in [0.4, 0.5) is 5.69 Å². The first-order valence-corrected chi connectivity index (χ1v) is 18.7. The molecule has 10 heteroatoms.